The first-order valence-electron chi connectivity index (χ1n) is 3.90. The lowest BCUT2D eigenvalue weighted by Crippen LogP contribution is -2.31. The monoisotopic (exact) mass is 160 g/mol. The van der Waals surface area contributed by atoms with Crippen molar-refractivity contribution in [2.75, 3.05) is 25.9 Å². The van der Waals surface area contributed by atoms with Crippen LogP contribution in [0.2, 0.25) is 0 Å². The van der Waals surface area contributed by atoms with Crippen LogP contribution >= 0.6 is 0 Å². The molecule has 60 valence electrons. The lowest BCUT2D eigenvalue weighted by atomic mass is 10.0. The molecule has 1 rings (SSSR count). The molecule has 2 nitrogen and oxygen atoms in total. The van der Waals surface area contributed by atoms with E-state index in [0.717, 1.165) is 12.5 Å². The zero-order valence-electron chi connectivity index (χ0n) is 6.51. The molecular weight excluding hydrogens is 144 g/mol. The second-order valence-corrected chi connectivity index (χ2v) is 3.42. The highest BCUT2D eigenvalue weighted by Crippen LogP contribution is 2.09. The van der Waals surface area contributed by atoms with Crippen molar-refractivity contribution in [2.45, 2.75) is 12.8 Å². The zero-order chi connectivity index (χ0) is 7.23. The Balaban J connectivity index is 2.13. The summed E-state index contributed by atoms with van der Waals surface area (Å²) in [7, 11) is 0. The maximum Gasteiger partial charge on any atom is 0.0495 e. The van der Waals surface area contributed by atoms with E-state index in [0.29, 0.717) is 0 Å². The summed E-state index contributed by atoms with van der Waals surface area (Å²) in [5.41, 5.74) is 0. The minimum absolute atomic E-state index is 0.821. The molecule has 3 heteroatoms. The summed E-state index contributed by atoms with van der Waals surface area (Å²) in [4.78, 5) is 0. The van der Waals surface area contributed by atoms with Gasteiger partial charge in [0, 0.05) is 6.54 Å². The number of piperidine rings is 1. The number of hydrogen-bond acceptors (Lipinski definition) is 2. The van der Waals surface area contributed by atoms with Gasteiger partial charge in [-0.15, -0.1) is 11.6 Å². The first-order chi connectivity index (χ1) is 4.93. The normalized spacial score (nSPS) is 28.3. The van der Waals surface area contributed by atoms with E-state index in [9.17, 15) is 0 Å². The first-order valence-corrected chi connectivity index (χ1v) is 5.19. The Morgan fingerprint density at radius 1 is 1.70 bits per heavy atom. The third-order valence-electron chi connectivity index (χ3n) is 1.88. The van der Waals surface area contributed by atoms with Gasteiger partial charge in [-0.1, -0.05) is 0 Å². The number of thiol groups is 1. The summed E-state index contributed by atoms with van der Waals surface area (Å²) in [6.45, 7) is 3.45. The van der Waals surface area contributed by atoms with Crippen molar-refractivity contribution in [3.8, 4) is 0 Å². The second-order valence-electron chi connectivity index (χ2n) is 2.74. The lowest BCUT2D eigenvalue weighted by molar-refractivity contribution is 0.387. The van der Waals surface area contributed by atoms with Gasteiger partial charge in [0.05, 0.1) is 0 Å². The molecule has 0 bridgehead atoms. The van der Waals surface area contributed by atoms with E-state index in [1.165, 1.54) is 37.5 Å². The van der Waals surface area contributed by atoms with Gasteiger partial charge in [0.1, 0.15) is 0 Å². The molecule has 1 aliphatic heterocycles. The highest BCUT2D eigenvalue weighted by molar-refractivity contribution is 7.67. The molecule has 0 aromatic carbocycles. The highest BCUT2D eigenvalue weighted by atomic mass is 32.1. The van der Waals surface area contributed by atoms with Gasteiger partial charge in [-0.3, -0.25) is 4.36 Å². The van der Waals surface area contributed by atoms with Crippen LogP contribution in [-0.2, 0) is 11.6 Å². The standard InChI is InChI=1S/C7H16N2S/c1-10-9-6-7-3-2-4-8-5-7/h7-8,10H,2-6H2,1H3. The summed E-state index contributed by atoms with van der Waals surface area (Å²) in [6.07, 6.45) is 4.78. The maximum absolute atomic E-state index is 4.33. The molecule has 1 aliphatic rings. The molecular formula is C7H16N2S. The van der Waals surface area contributed by atoms with Crippen LogP contribution in [-0.4, -0.2) is 25.9 Å². The van der Waals surface area contributed by atoms with E-state index < -0.39 is 0 Å². The molecule has 0 aromatic rings. The summed E-state index contributed by atoms with van der Waals surface area (Å²) in [5, 5.41) is 3.38. The van der Waals surface area contributed by atoms with Gasteiger partial charge in [0.25, 0.3) is 0 Å². The molecule has 0 spiro atoms. The Labute approximate surface area is 66.5 Å². The smallest absolute Gasteiger partial charge is 0.0495 e. The molecule has 1 unspecified atom stereocenters. The Morgan fingerprint density at radius 3 is 3.20 bits per heavy atom. The molecule has 1 saturated heterocycles. The van der Waals surface area contributed by atoms with Crippen molar-refractivity contribution in [2.24, 2.45) is 10.3 Å². The minimum atomic E-state index is 0.821. The molecule has 0 radical (unpaired) electrons. The Bertz CT molecular complexity index is 108. The third-order valence-corrected chi connectivity index (χ3v) is 2.33. The molecule has 0 aliphatic carbocycles. The SMILES string of the molecule is C/[SH]=N/CC1CCCNC1. The third kappa shape index (κ3) is 2.80. The summed E-state index contributed by atoms with van der Waals surface area (Å²) in [5.74, 6) is 0.821. The highest BCUT2D eigenvalue weighted by Gasteiger charge is 2.10. The predicted octanol–water partition coefficient (Wildman–Crippen LogP) is 0.614. The van der Waals surface area contributed by atoms with E-state index in [1.54, 1.807) is 0 Å². The van der Waals surface area contributed by atoms with Gasteiger partial charge < -0.3 is 5.32 Å². The number of nitrogens with zero attached hydrogens (tertiary/aromatic N) is 1. The van der Waals surface area contributed by atoms with E-state index >= 15 is 0 Å². The maximum atomic E-state index is 4.33. The largest absolute Gasteiger partial charge is 0.316 e. The van der Waals surface area contributed by atoms with E-state index in [4.69, 9.17) is 0 Å². The quantitative estimate of drug-likeness (QED) is 0.568. The van der Waals surface area contributed by atoms with Crippen molar-refractivity contribution in [1.82, 2.24) is 5.32 Å². The topological polar surface area (TPSA) is 24.4 Å². The van der Waals surface area contributed by atoms with Crippen LogP contribution in [0.4, 0.5) is 0 Å². The van der Waals surface area contributed by atoms with Crippen LogP contribution in [0.5, 0.6) is 0 Å². The molecule has 10 heavy (non-hydrogen) atoms. The fourth-order valence-electron chi connectivity index (χ4n) is 1.28. The fourth-order valence-corrected chi connectivity index (χ4v) is 1.67. The van der Waals surface area contributed by atoms with Crippen molar-refractivity contribution in [3.63, 3.8) is 0 Å². The molecule has 0 aromatic heterocycles. The number of rotatable bonds is 2. The summed E-state index contributed by atoms with van der Waals surface area (Å²) >= 11 is 1.19. The Kier molecular flexibility index (Phi) is 3.98. The Hall–Kier alpha value is 0.110. The molecule has 0 amide bonds. The average Bonchev–Trinajstić information content (AvgIpc) is 2.03. The van der Waals surface area contributed by atoms with Crippen LogP contribution in [0, 0.1) is 5.92 Å². The van der Waals surface area contributed by atoms with Crippen molar-refractivity contribution < 1.29 is 0 Å². The van der Waals surface area contributed by atoms with Crippen LogP contribution < -0.4 is 5.32 Å². The average molecular weight is 160 g/mol. The van der Waals surface area contributed by atoms with Gasteiger partial charge >= 0.3 is 0 Å². The van der Waals surface area contributed by atoms with Crippen LogP contribution in [0.15, 0.2) is 4.36 Å². The van der Waals surface area contributed by atoms with Crippen LogP contribution in [0.25, 0.3) is 0 Å². The molecule has 1 N–H and O–H groups in total. The zero-order valence-corrected chi connectivity index (χ0v) is 7.40. The van der Waals surface area contributed by atoms with E-state index in [1.807, 2.05) is 0 Å². The summed E-state index contributed by atoms with van der Waals surface area (Å²) < 4.78 is 4.33. The van der Waals surface area contributed by atoms with Crippen molar-refractivity contribution in [1.29, 1.82) is 0 Å². The molecule has 1 heterocycles. The number of nitrogens with one attached hydrogen (secondary N) is 1. The fraction of sp³-hybridized carbons (Fsp3) is 1.00. The predicted molar refractivity (Wildman–Crippen MR) is 47.6 cm³/mol. The minimum Gasteiger partial charge on any atom is -0.316 e. The van der Waals surface area contributed by atoms with Crippen molar-refractivity contribution in [3.05, 3.63) is 0 Å². The lowest BCUT2D eigenvalue weighted by Gasteiger charge is -2.20. The molecule has 1 fully saturated rings. The summed E-state index contributed by atoms with van der Waals surface area (Å²) in [6, 6.07) is 0. The van der Waals surface area contributed by atoms with Gasteiger partial charge in [-0.2, -0.15) is 0 Å². The molecule has 0 saturated carbocycles. The number of hydrogen-bond donors (Lipinski definition) is 2. The van der Waals surface area contributed by atoms with Gasteiger partial charge in [-0.05, 0) is 38.1 Å². The van der Waals surface area contributed by atoms with E-state index in [-0.39, 0.29) is 0 Å². The van der Waals surface area contributed by atoms with E-state index in [2.05, 4.69) is 15.9 Å². The van der Waals surface area contributed by atoms with Crippen LogP contribution in [0.3, 0.4) is 0 Å². The first kappa shape index (κ1) is 8.21. The van der Waals surface area contributed by atoms with Gasteiger partial charge in [0.2, 0.25) is 0 Å². The van der Waals surface area contributed by atoms with Crippen LogP contribution in [0.1, 0.15) is 12.8 Å². The van der Waals surface area contributed by atoms with Crippen molar-refractivity contribution >= 4 is 11.6 Å². The Morgan fingerprint density at radius 2 is 2.60 bits per heavy atom. The van der Waals surface area contributed by atoms with Gasteiger partial charge in [0.15, 0.2) is 0 Å². The van der Waals surface area contributed by atoms with Gasteiger partial charge in [-0.25, -0.2) is 0 Å². The second kappa shape index (κ2) is 4.85. The molecule has 1 atom stereocenters.